The number of anilines is 3. The molecule has 4 heteroatoms. The Balaban J connectivity index is 2.39. The fourth-order valence-corrected chi connectivity index (χ4v) is 15.8. The minimum Gasteiger partial charge on any atom is -0.378 e. The maximum atomic E-state index is 2.44. The van der Waals surface area contributed by atoms with Crippen LogP contribution < -0.4 is 30.3 Å². The van der Waals surface area contributed by atoms with Gasteiger partial charge >= 0.3 is 0 Å². The van der Waals surface area contributed by atoms with Gasteiger partial charge in [-0.2, -0.15) is 0 Å². The van der Waals surface area contributed by atoms with Gasteiger partial charge in [0.2, 0.25) is 0 Å². The van der Waals surface area contributed by atoms with E-state index in [1.165, 1.54) is 61.6 Å². The van der Waals surface area contributed by atoms with Crippen molar-refractivity contribution in [2.24, 2.45) is 0 Å². The average molecular weight is 594 g/mol. The van der Waals surface area contributed by atoms with Gasteiger partial charge in [0.25, 0.3) is 0 Å². The SMILES string of the molecule is CC1=C(C)C([Si](c2c(C)cc(N(C)C)cc2C)(c2c(C)cc(N(C)C)cc2C)c2c(C)cc(N(C)C)cc2C)C(C)=C1C. The summed E-state index contributed by atoms with van der Waals surface area (Å²) in [6, 6.07) is 14.6. The summed E-state index contributed by atoms with van der Waals surface area (Å²) >= 11 is 0. The van der Waals surface area contributed by atoms with E-state index in [0.717, 1.165) is 0 Å². The number of benzene rings is 3. The molecule has 3 aromatic carbocycles. The van der Waals surface area contributed by atoms with Crippen LogP contribution in [0.25, 0.3) is 0 Å². The topological polar surface area (TPSA) is 9.72 Å². The van der Waals surface area contributed by atoms with E-state index >= 15 is 0 Å². The highest BCUT2D eigenvalue weighted by molar-refractivity contribution is 7.14. The lowest BCUT2D eigenvalue weighted by Crippen LogP contribution is -2.73. The highest BCUT2D eigenvalue weighted by Crippen LogP contribution is 2.48. The van der Waals surface area contributed by atoms with Gasteiger partial charge in [-0.05, 0) is 166 Å². The summed E-state index contributed by atoms with van der Waals surface area (Å²) in [6.45, 7) is 23.8. The van der Waals surface area contributed by atoms with Gasteiger partial charge in [-0.1, -0.05) is 11.1 Å². The standard InChI is InChI=1S/C39H55N3Si/c1-23-17-33(40(11)12)18-24(2)36(23)43(39-31(9)29(7)30(8)32(39)10,37-25(3)19-34(41(13)14)20-26(37)4)38-27(5)21-35(42(15)16)22-28(38)6/h17-22,39H,1-16H3. The van der Waals surface area contributed by atoms with Gasteiger partial charge < -0.3 is 14.7 Å². The molecule has 0 atom stereocenters. The third kappa shape index (κ3) is 5.16. The molecule has 0 amide bonds. The Morgan fingerprint density at radius 3 is 0.791 bits per heavy atom. The largest absolute Gasteiger partial charge is 0.378 e. The van der Waals surface area contributed by atoms with Crippen molar-refractivity contribution < 1.29 is 0 Å². The van der Waals surface area contributed by atoms with Crippen molar-refractivity contribution in [3.63, 3.8) is 0 Å². The summed E-state index contributed by atoms with van der Waals surface area (Å²) in [4.78, 5) is 6.74. The lowest BCUT2D eigenvalue weighted by atomic mass is 10.1. The maximum Gasteiger partial charge on any atom is 0.161 e. The highest BCUT2D eigenvalue weighted by atomic mass is 28.3. The Labute approximate surface area is 263 Å². The van der Waals surface area contributed by atoms with Crippen LogP contribution in [-0.2, 0) is 0 Å². The molecule has 0 radical (unpaired) electrons. The minimum atomic E-state index is -2.81. The van der Waals surface area contributed by atoms with Crippen LogP contribution >= 0.6 is 0 Å². The molecular formula is C39H55N3Si. The summed E-state index contributed by atoms with van der Waals surface area (Å²) in [6.07, 6.45) is 0. The Morgan fingerprint density at radius 1 is 0.395 bits per heavy atom. The second kappa shape index (κ2) is 11.7. The molecule has 0 aromatic heterocycles. The minimum absolute atomic E-state index is 0.334. The molecule has 0 aliphatic heterocycles. The predicted molar refractivity (Wildman–Crippen MR) is 196 cm³/mol. The lowest BCUT2D eigenvalue weighted by molar-refractivity contribution is 1.08. The molecule has 0 spiro atoms. The molecular weight excluding hydrogens is 539 g/mol. The second-order valence-corrected chi connectivity index (χ2v) is 17.6. The first-order valence-electron chi connectivity index (χ1n) is 15.7. The lowest BCUT2D eigenvalue weighted by Gasteiger charge is -2.46. The zero-order valence-corrected chi connectivity index (χ0v) is 30.9. The van der Waals surface area contributed by atoms with Gasteiger partial charge in [-0.3, -0.25) is 0 Å². The molecule has 1 aliphatic carbocycles. The molecule has 3 nitrogen and oxygen atoms in total. The quantitative estimate of drug-likeness (QED) is 0.211. The van der Waals surface area contributed by atoms with Gasteiger partial charge in [0.05, 0.1) is 0 Å². The molecule has 0 unspecified atom stereocenters. The van der Waals surface area contributed by atoms with Gasteiger partial charge in [0, 0.05) is 64.9 Å². The molecule has 0 saturated carbocycles. The third-order valence-electron chi connectivity index (χ3n) is 10.3. The van der Waals surface area contributed by atoms with Crippen LogP contribution in [0.1, 0.15) is 61.1 Å². The van der Waals surface area contributed by atoms with Crippen molar-refractivity contribution in [2.45, 2.75) is 74.8 Å². The van der Waals surface area contributed by atoms with Crippen LogP contribution in [-0.4, -0.2) is 50.4 Å². The first-order valence-corrected chi connectivity index (χ1v) is 17.8. The first kappa shape index (κ1) is 32.7. The fraction of sp³-hybridized carbons (Fsp3) is 0.436. The molecule has 4 rings (SSSR count). The number of rotatable bonds is 7. The summed E-state index contributed by atoms with van der Waals surface area (Å²) in [7, 11) is 10.1. The van der Waals surface area contributed by atoms with E-state index in [9.17, 15) is 0 Å². The van der Waals surface area contributed by atoms with E-state index in [1.807, 2.05) is 0 Å². The smallest absolute Gasteiger partial charge is 0.161 e. The van der Waals surface area contributed by atoms with Gasteiger partial charge in [0.15, 0.2) is 8.07 Å². The maximum absolute atomic E-state index is 2.81. The van der Waals surface area contributed by atoms with Crippen molar-refractivity contribution in [1.82, 2.24) is 0 Å². The van der Waals surface area contributed by atoms with Crippen LogP contribution in [0, 0.1) is 41.5 Å². The van der Waals surface area contributed by atoms with E-state index in [1.54, 1.807) is 26.7 Å². The van der Waals surface area contributed by atoms with Crippen molar-refractivity contribution in [3.8, 4) is 0 Å². The van der Waals surface area contributed by atoms with E-state index in [0.29, 0.717) is 5.54 Å². The average Bonchev–Trinajstić information content (AvgIpc) is 3.09. The van der Waals surface area contributed by atoms with Crippen molar-refractivity contribution in [1.29, 1.82) is 0 Å². The Morgan fingerprint density at radius 2 is 0.605 bits per heavy atom. The Bertz CT molecular complexity index is 1400. The second-order valence-electron chi connectivity index (χ2n) is 13.9. The van der Waals surface area contributed by atoms with Gasteiger partial charge in [0.1, 0.15) is 0 Å². The van der Waals surface area contributed by atoms with E-state index < -0.39 is 8.07 Å². The van der Waals surface area contributed by atoms with Gasteiger partial charge in [-0.25, -0.2) is 0 Å². The zero-order valence-electron chi connectivity index (χ0n) is 29.9. The summed E-state index contributed by atoms with van der Waals surface area (Å²) in [5.41, 5.74) is 18.6. The van der Waals surface area contributed by atoms with Crippen LogP contribution in [0.5, 0.6) is 0 Å². The van der Waals surface area contributed by atoms with E-state index in [2.05, 4.69) is 163 Å². The predicted octanol–water partition coefficient (Wildman–Crippen LogP) is 7.26. The summed E-state index contributed by atoms with van der Waals surface area (Å²) < 4.78 is 0. The highest BCUT2D eigenvalue weighted by Gasteiger charge is 2.54. The third-order valence-corrected chi connectivity index (χ3v) is 16.8. The number of aryl methyl sites for hydroxylation is 6. The molecule has 0 bridgehead atoms. The number of hydrogen-bond donors (Lipinski definition) is 0. The molecule has 3 aromatic rings. The fourth-order valence-electron chi connectivity index (χ4n) is 8.27. The molecule has 230 valence electrons. The molecule has 0 heterocycles. The van der Waals surface area contributed by atoms with Crippen LogP contribution in [0.3, 0.4) is 0 Å². The first-order chi connectivity index (χ1) is 20.0. The Hall–Kier alpha value is -3.24. The normalized spacial score (nSPS) is 14.2. The van der Waals surface area contributed by atoms with Crippen molar-refractivity contribution >= 4 is 40.7 Å². The monoisotopic (exact) mass is 593 g/mol. The summed E-state index contributed by atoms with van der Waals surface area (Å²) in [5.74, 6) is 0. The van der Waals surface area contributed by atoms with Crippen LogP contribution in [0.4, 0.5) is 17.1 Å². The van der Waals surface area contributed by atoms with Gasteiger partial charge in [-0.15, -0.1) is 0 Å². The van der Waals surface area contributed by atoms with Crippen molar-refractivity contribution in [3.05, 3.63) is 92.1 Å². The molecule has 43 heavy (non-hydrogen) atoms. The number of nitrogens with zero attached hydrogens (tertiary/aromatic N) is 3. The van der Waals surface area contributed by atoms with E-state index in [4.69, 9.17) is 0 Å². The van der Waals surface area contributed by atoms with Crippen LogP contribution in [0.2, 0.25) is 5.54 Å². The van der Waals surface area contributed by atoms with Crippen molar-refractivity contribution in [2.75, 3.05) is 57.0 Å². The summed E-state index contributed by atoms with van der Waals surface area (Å²) in [5, 5.41) is 4.74. The van der Waals surface area contributed by atoms with E-state index in [-0.39, 0.29) is 0 Å². The molecule has 1 aliphatic rings. The molecule has 0 N–H and O–H groups in total. The number of hydrogen-bond acceptors (Lipinski definition) is 3. The molecule has 0 saturated heterocycles. The molecule has 0 fully saturated rings. The van der Waals surface area contributed by atoms with Crippen LogP contribution in [0.15, 0.2) is 58.7 Å². The number of allylic oxidation sites excluding steroid dienone is 4. The Kier molecular flexibility index (Phi) is 8.88. The zero-order chi connectivity index (χ0) is 32.3.